The van der Waals surface area contributed by atoms with Crippen molar-refractivity contribution in [2.75, 3.05) is 6.61 Å². The molecule has 0 amide bonds. The van der Waals surface area contributed by atoms with Gasteiger partial charge in [-0.1, -0.05) is 6.08 Å². The van der Waals surface area contributed by atoms with Gasteiger partial charge < -0.3 is 9.84 Å². The van der Waals surface area contributed by atoms with Crippen LogP contribution in [0.5, 0.6) is 0 Å². The third-order valence-corrected chi connectivity index (χ3v) is 0.482. The van der Waals surface area contributed by atoms with E-state index in [1.807, 2.05) is 0 Å². The lowest BCUT2D eigenvalue weighted by atomic mass is 10.6. The van der Waals surface area contributed by atoms with Gasteiger partial charge in [0.25, 0.3) is 0 Å². The summed E-state index contributed by atoms with van der Waals surface area (Å²) in [5.41, 5.74) is 0. The average molecular weight is 113 g/mol. The highest BCUT2D eigenvalue weighted by molar-refractivity contribution is 4.75. The zero-order valence-corrected chi connectivity index (χ0v) is 4.37. The lowest BCUT2D eigenvalue weighted by Crippen LogP contribution is -2.07. The summed E-state index contributed by atoms with van der Waals surface area (Å²) in [5.74, 6) is 0. The Morgan fingerprint density at radius 2 is 2.62 bits per heavy atom. The SMILES string of the molecule is C=CCOC(O)C#N. The van der Waals surface area contributed by atoms with Gasteiger partial charge in [0.2, 0.25) is 6.29 Å². The van der Waals surface area contributed by atoms with Gasteiger partial charge in [0.15, 0.2) is 0 Å². The van der Waals surface area contributed by atoms with Crippen molar-refractivity contribution < 1.29 is 9.84 Å². The standard InChI is InChI=1S/C5H7NO2/c1-2-3-8-5(7)4-6/h2,5,7H,1,3H2. The fraction of sp³-hybridized carbons (Fsp3) is 0.400. The summed E-state index contributed by atoms with van der Waals surface area (Å²) < 4.78 is 4.42. The number of hydrogen-bond acceptors (Lipinski definition) is 3. The minimum Gasteiger partial charge on any atom is -0.356 e. The molecule has 1 atom stereocenters. The Labute approximate surface area is 47.8 Å². The molecular weight excluding hydrogens is 106 g/mol. The maximum atomic E-state index is 8.36. The number of hydrogen-bond donors (Lipinski definition) is 1. The van der Waals surface area contributed by atoms with E-state index >= 15 is 0 Å². The monoisotopic (exact) mass is 113 g/mol. The van der Waals surface area contributed by atoms with Gasteiger partial charge in [-0.25, -0.2) is 0 Å². The summed E-state index contributed by atoms with van der Waals surface area (Å²) >= 11 is 0. The predicted octanol–water partition coefficient (Wildman–Crippen LogP) is 0.0310. The van der Waals surface area contributed by atoms with Gasteiger partial charge in [-0.3, -0.25) is 0 Å². The predicted molar refractivity (Wildman–Crippen MR) is 27.8 cm³/mol. The van der Waals surface area contributed by atoms with Crippen molar-refractivity contribution in [3.63, 3.8) is 0 Å². The molecule has 0 radical (unpaired) electrons. The topological polar surface area (TPSA) is 53.2 Å². The fourth-order valence-electron chi connectivity index (χ4n) is 0.196. The Bertz CT molecular complexity index is 105. The van der Waals surface area contributed by atoms with Crippen molar-refractivity contribution in [3.8, 4) is 6.07 Å². The van der Waals surface area contributed by atoms with Crippen LogP contribution in [0, 0.1) is 11.3 Å². The number of nitrogens with zero attached hydrogens (tertiary/aromatic N) is 1. The van der Waals surface area contributed by atoms with Crippen LogP contribution < -0.4 is 0 Å². The van der Waals surface area contributed by atoms with E-state index in [1.54, 1.807) is 0 Å². The summed E-state index contributed by atoms with van der Waals surface area (Å²) in [4.78, 5) is 0. The van der Waals surface area contributed by atoms with Crippen LogP contribution in [0.1, 0.15) is 0 Å². The Morgan fingerprint density at radius 1 is 2.00 bits per heavy atom. The van der Waals surface area contributed by atoms with E-state index in [9.17, 15) is 0 Å². The Morgan fingerprint density at radius 3 is 3.00 bits per heavy atom. The maximum absolute atomic E-state index is 8.36. The molecule has 0 rings (SSSR count). The third kappa shape index (κ3) is 3.34. The van der Waals surface area contributed by atoms with Gasteiger partial charge in [0, 0.05) is 0 Å². The zero-order valence-electron chi connectivity index (χ0n) is 4.37. The third-order valence-electron chi connectivity index (χ3n) is 0.482. The molecule has 3 heteroatoms. The molecule has 0 bridgehead atoms. The number of nitriles is 1. The molecule has 0 spiro atoms. The number of rotatable bonds is 3. The molecule has 0 heterocycles. The van der Waals surface area contributed by atoms with Crippen LogP contribution in [-0.2, 0) is 4.74 Å². The summed E-state index contributed by atoms with van der Waals surface area (Å²) in [6, 6.07) is 1.49. The average Bonchev–Trinajstić information content (AvgIpc) is 1.83. The van der Waals surface area contributed by atoms with Gasteiger partial charge in [-0.05, 0) is 0 Å². The van der Waals surface area contributed by atoms with Crippen molar-refractivity contribution in [1.82, 2.24) is 0 Å². The van der Waals surface area contributed by atoms with E-state index in [2.05, 4.69) is 11.3 Å². The van der Waals surface area contributed by atoms with Crippen molar-refractivity contribution in [3.05, 3.63) is 12.7 Å². The van der Waals surface area contributed by atoms with Crippen LogP contribution in [0.4, 0.5) is 0 Å². The normalized spacial score (nSPS) is 12.0. The Hall–Kier alpha value is -0.850. The van der Waals surface area contributed by atoms with Crippen molar-refractivity contribution in [2.45, 2.75) is 6.29 Å². The van der Waals surface area contributed by atoms with Crippen LogP contribution in [0.15, 0.2) is 12.7 Å². The molecule has 0 aromatic carbocycles. The van der Waals surface area contributed by atoms with Gasteiger partial charge in [0.1, 0.15) is 6.07 Å². The minimum absolute atomic E-state index is 0.203. The van der Waals surface area contributed by atoms with Gasteiger partial charge in [-0.2, -0.15) is 5.26 Å². The first-order chi connectivity index (χ1) is 3.81. The summed E-state index contributed by atoms with van der Waals surface area (Å²) in [7, 11) is 0. The molecule has 0 aliphatic heterocycles. The Kier molecular flexibility index (Phi) is 3.85. The summed E-state index contributed by atoms with van der Waals surface area (Å²) in [5, 5.41) is 16.3. The van der Waals surface area contributed by atoms with Crippen LogP contribution in [0.25, 0.3) is 0 Å². The molecule has 1 unspecified atom stereocenters. The first-order valence-electron chi connectivity index (χ1n) is 2.11. The van der Waals surface area contributed by atoms with Gasteiger partial charge >= 0.3 is 0 Å². The molecule has 0 fully saturated rings. The zero-order chi connectivity index (χ0) is 6.41. The van der Waals surface area contributed by atoms with Crippen molar-refractivity contribution in [2.24, 2.45) is 0 Å². The van der Waals surface area contributed by atoms with Gasteiger partial charge in [0.05, 0.1) is 6.61 Å². The molecule has 0 saturated carbocycles. The van der Waals surface area contributed by atoms with Crippen LogP contribution in [-0.4, -0.2) is 18.0 Å². The first-order valence-corrected chi connectivity index (χ1v) is 2.11. The van der Waals surface area contributed by atoms with E-state index in [0.717, 1.165) is 0 Å². The first kappa shape index (κ1) is 7.15. The second-order valence-corrected chi connectivity index (χ2v) is 1.10. The van der Waals surface area contributed by atoms with Crippen LogP contribution >= 0.6 is 0 Å². The highest BCUT2D eigenvalue weighted by Crippen LogP contribution is 1.81. The number of aliphatic hydroxyl groups is 1. The number of ether oxygens (including phenoxy) is 1. The quantitative estimate of drug-likeness (QED) is 0.319. The Balaban J connectivity index is 3.14. The molecule has 0 aliphatic rings. The molecule has 0 aromatic rings. The molecule has 3 nitrogen and oxygen atoms in total. The van der Waals surface area contributed by atoms with E-state index in [4.69, 9.17) is 10.4 Å². The molecule has 1 N–H and O–H groups in total. The van der Waals surface area contributed by atoms with Crippen molar-refractivity contribution >= 4 is 0 Å². The molecule has 0 aliphatic carbocycles. The lowest BCUT2D eigenvalue weighted by Gasteiger charge is -1.97. The summed E-state index contributed by atoms with van der Waals surface area (Å²) in [6.45, 7) is 3.52. The molecule has 0 saturated heterocycles. The summed E-state index contributed by atoms with van der Waals surface area (Å²) in [6.07, 6.45) is 0.147. The second kappa shape index (κ2) is 4.31. The minimum atomic E-state index is -1.31. The second-order valence-electron chi connectivity index (χ2n) is 1.10. The molecular formula is C5H7NO2. The fourth-order valence-corrected chi connectivity index (χ4v) is 0.196. The molecule has 0 aromatic heterocycles. The van der Waals surface area contributed by atoms with Crippen LogP contribution in [0.3, 0.4) is 0 Å². The van der Waals surface area contributed by atoms with E-state index in [1.165, 1.54) is 12.1 Å². The highest BCUT2D eigenvalue weighted by Gasteiger charge is 1.95. The van der Waals surface area contributed by atoms with E-state index < -0.39 is 6.29 Å². The lowest BCUT2D eigenvalue weighted by molar-refractivity contribution is -0.0463. The largest absolute Gasteiger partial charge is 0.356 e. The van der Waals surface area contributed by atoms with Gasteiger partial charge in [-0.15, -0.1) is 6.58 Å². The van der Waals surface area contributed by atoms with Crippen LogP contribution in [0.2, 0.25) is 0 Å². The maximum Gasteiger partial charge on any atom is 0.246 e. The highest BCUT2D eigenvalue weighted by atomic mass is 16.6. The molecule has 8 heavy (non-hydrogen) atoms. The molecule has 44 valence electrons. The van der Waals surface area contributed by atoms with E-state index in [-0.39, 0.29) is 6.61 Å². The van der Waals surface area contributed by atoms with Crippen molar-refractivity contribution in [1.29, 1.82) is 5.26 Å². The van der Waals surface area contributed by atoms with E-state index in [0.29, 0.717) is 0 Å². The number of aliphatic hydroxyl groups excluding tert-OH is 1. The smallest absolute Gasteiger partial charge is 0.246 e.